The molecule has 0 aliphatic carbocycles. The average Bonchev–Trinajstić information content (AvgIpc) is 2.17. The van der Waals surface area contributed by atoms with Crippen molar-refractivity contribution in [2.45, 2.75) is 26.2 Å². The molecule has 1 rings (SSSR count). The maximum absolute atomic E-state index is 5.38. The molecule has 1 aromatic heterocycles. The van der Waals surface area contributed by atoms with Gasteiger partial charge in [0.05, 0.1) is 0 Å². The smallest absolute Gasteiger partial charge is 0.101 e. The van der Waals surface area contributed by atoms with Crippen LogP contribution in [0.25, 0.3) is 0 Å². The number of hydrogen-bond acceptors (Lipinski definition) is 1. The summed E-state index contributed by atoms with van der Waals surface area (Å²) in [6.45, 7) is 2.17. The van der Waals surface area contributed by atoms with Gasteiger partial charge in [0.2, 0.25) is 0 Å². The van der Waals surface area contributed by atoms with Crippen LogP contribution in [0.5, 0.6) is 0 Å². The lowest BCUT2D eigenvalue weighted by Crippen LogP contribution is -1.71. The average molecular weight is 312 g/mol. The summed E-state index contributed by atoms with van der Waals surface area (Å²) in [5, 5.41) is 0. The van der Waals surface area contributed by atoms with Gasteiger partial charge in [0, 0.05) is 12.1 Å². The minimum Gasteiger partial charge on any atom is -0.250 e. The maximum Gasteiger partial charge on any atom is 0.101 e. The van der Waals surface area contributed by atoms with Crippen molar-refractivity contribution < 1.29 is 0 Å². The van der Waals surface area contributed by atoms with Crippen molar-refractivity contribution >= 4 is 34.2 Å². The van der Waals surface area contributed by atoms with Crippen LogP contribution in [0.2, 0.25) is 0 Å². The van der Waals surface area contributed by atoms with Gasteiger partial charge in [0.25, 0.3) is 0 Å². The maximum atomic E-state index is 5.38. The number of pyridine rings is 1. The van der Waals surface area contributed by atoms with Gasteiger partial charge in [0.15, 0.2) is 0 Å². The third kappa shape index (κ3) is 10.1. The van der Waals surface area contributed by atoms with Crippen LogP contribution in [0, 0.1) is 3.70 Å². The molecule has 1 nitrogen and oxygen atoms in total. The summed E-state index contributed by atoms with van der Waals surface area (Å²) in [6.07, 6.45) is 5.51. The van der Waals surface area contributed by atoms with Crippen molar-refractivity contribution in [1.82, 2.24) is 4.98 Å². The van der Waals surface area contributed by atoms with Gasteiger partial charge >= 0.3 is 0 Å². The molecule has 0 radical (unpaired) electrons. The van der Waals surface area contributed by atoms with E-state index in [-0.39, 0.29) is 0 Å². The van der Waals surface area contributed by atoms with Crippen molar-refractivity contribution in [1.29, 1.82) is 0 Å². The van der Waals surface area contributed by atoms with Crippen molar-refractivity contribution in [2.75, 3.05) is 5.88 Å². The summed E-state index contributed by atoms with van der Waals surface area (Å²) < 4.78 is 1.04. The van der Waals surface area contributed by atoms with E-state index in [1.54, 1.807) is 6.20 Å². The Morgan fingerprint density at radius 1 is 1.38 bits per heavy atom. The summed E-state index contributed by atoms with van der Waals surface area (Å²) in [6, 6.07) is 5.83. The van der Waals surface area contributed by atoms with E-state index in [4.69, 9.17) is 11.6 Å². The molecule has 0 atom stereocenters. The molecular formula is C10H15ClIN. The Kier molecular flexibility index (Phi) is 10.4. The molecule has 74 valence electrons. The second-order valence-electron chi connectivity index (χ2n) is 2.55. The fraction of sp³-hybridized carbons (Fsp3) is 0.500. The number of alkyl halides is 1. The predicted octanol–water partition coefficient (Wildman–Crippen LogP) is 4.10. The minimum absolute atomic E-state index is 0.827. The molecule has 0 spiro atoms. The molecule has 0 bridgehead atoms. The van der Waals surface area contributed by atoms with Crippen molar-refractivity contribution in [2.24, 2.45) is 0 Å². The van der Waals surface area contributed by atoms with Gasteiger partial charge in [-0.05, 0) is 41.1 Å². The van der Waals surface area contributed by atoms with E-state index in [0.29, 0.717) is 0 Å². The first-order valence-electron chi connectivity index (χ1n) is 4.43. The van der Waals surface area contributed by atoms with Crippen LogP contribution >= 0.6 is 34.2 Å². The van der Waals surface area contributed by atoms with E-state index in [1.807, 2.05) is 18.2 Å². The van der Waals surface area contributed by atoms with Gasteiger partial charge in [-0.3, -0.25) is 4.98 Å². The Balaban J connectivity index is 0.000000226. The van der Waals surface area contributed by atoms with Crippen LogP contribution in [0.1, 0.15) is 26.2 Å². The summed E-state index contributed by atoms with van der Waals surface area (Å²) in [7, 11) is 0. The van der Waals surface area contributed by atoms with Gasteiger partial charge in [-0.2, -0.15) is 0 Å². The van der Waals surface area contributed by atoms with Crippen molar-refractivity contribution in [3.63, 3.8) is 0 Å². The quantitative estimate of drug-likeness (QED) is 0.354. The highest BCUT2D eigenvalue weighted by atomic mass is 127. The largest absolute Gasteiger partial charge is 0.250 e. The zero-order chi connectivity index (χ0) is 9.94. The Labute approximate surface area is 99.0 Å². The normalized spacial score (nSPS) is 8.85. The van der Waals surface area contributed by atoms with Crippen LogP contribution in [0.3, 0.4) is 0 Å². The molecule has 0 aliphatic rings. The highest BCUT2D eigenvalue weighted by Gasteiger charge is 1.77. The fourth-order valence-electron chi connectivity index (χ4n) is 0.686. The van der Waals surface area contributed by atoms with E-state index in [9.17, 15) is 0 Å². The molecule has 0 fully saturated rings. The summed E-state index contributed by atoms with van der Waals surface area (Å²) in [5.41, 5.74) is 0. The minimum atomic E-state index is 0.827. The number of aromatic nitrogens is 1. The van der Waals surface area contributed by atoms with Crippen molar-refractivity contribution in [3.8, 4) is 0 Å². The molecule has 3 heteroatoms. The monoisotopic (exact) mass is 311 g/mol. The third-order valence-electron chi connectivity index (χ3n) is 1.37. The SMILES string of the molecule is CCCCCCl.Ic1ccccn1. The number of hydrogen-bond donors (Lipinski definition) is 0. The van der Waals surface area contributed by atoms with E-state index in [0.717, 1.165) is 9.58 Å². The molecular weight excluding hydrogens is 296 g/mol. The molecule has 1 aromatic rings. The van der Waals surface area contributed by atoms with E-state index < -0.39 is 0 Å². The Morgan fingerprint density at radius 3 is 2.38 bits per heavy atom. The summed E-state index contributed by atoms with van der Waals surface area (Å²) in [5.74, 6) is 0.827. The molecule has 0 aliphatic heterocycles. The standard InChI is InChI=1S/C5H11Cl.C5H4IN/c1-2-3-4-5-6;6-5-3-1-2-4-7-5/h2-5H2,1H3;1-4H. The molecule has 0 saturated heterocycles. The first kappa shape index (κ1) is 13.2. The summed E-state index contributed by atoms with van der Waals surface area (Å²) in [4.78, 5) is 3.97. The highest BCUT2D eigenvalue weighted by Crippen LogP contribution is 1.95. The Morgan fingerprint density at radius 2 is 2.15 bits per heavy atom. The molecule has 0 amide bonds. The highest BCUT2D eigenvalue weighted by molar-refractivity contribution is 14.1. The first-order valence-corrected chi connectivity index (χ1v) is 6.05. The second-order valence-corrected chi connectivity index (χ2v) is 4.03. The molecule has 0 aromatic carbocycles. The third-order valence-corrected chi connectivity index (χ3v) is 2.27. The van der Waals surface area contributed by atoms with Gasteiger partial charge in [-0.1, -0.05) is 25.8 Å². The van der Waals surface area contributed by atoms with Gasteiger partial charge in [-0.15, -0.1) is 11.6 Å². The van der Waals surface area contributed by atoms with Gasteiger partial charge in [0.1, 0.15) is 3.70 Å². The topological polar surface area (TPSA) is 12.9 Å². The van der Waals surface area contributed by atoms with Crippen LogP contribution in [-0.4, -0.2) is 10.9 Å². The zero-order valence-electron chi connectivity index (χ0n) is 7.84. The molecule has 13 heavy (non-hydrogen) atoms. The first-order chi connectivity index (χ1) is 6.31. The van der Waals surface area contributed by atoms with Gasteiger partial charge in [-0.25, -0.2) is 0 Å². The molecule has 1 heterocycles. The van der Waals surface area contributed by atoms with Gasteiger partial charge < -0.3 is 0 Å². The van der Waals surface area contributed by atoms with E-state index in [1.165, 1.54) is 19.3 Å². The number of unbranched alkanes of at least 4 members (excludes halogenated alkanes) is 2. The van der Waals surface area contributed by atoms with Crippen LogP contribution < -0.4 is 0 Å². The van der Waals surface area contributed by atoms with Crippen molar-refractivity contribution in [3.05, 3.63) is 28.1 Å². The molecule has 0 saturated carbocycles. The van der Waals surface area contributed by atoms with Crippen LogP contribution in [0.4, 0.5) is 0 Å². The Bertz CT molecular complexity index is 187. The van der Waals surface area contributed by atoms with E-state index in [2.05, 4.69) is 34.5 Å². The zero-order valence-corrected chi connectivity index (χ0v) is 10.8. The van der Waals surface area contributed by atoms with Crippen LogP contribution in [-0.2, 0) is 0 Å². The predicted molar refractivity (Wildman–Crippen MR) is 67.2 cm³/mol. The lowest BCUT2D eigenvalue weighted by atomic mass is 10.3. The summed E-state index contributed by atoms with van der Waals surface area (Å²) >= 11 is 7.55. The lowest BCUT2D eigenvalue weighted by molar-refractivity contribution is 0.776. The second kappa shape index (κ2) is 10.3. The van der Waals surface area contributed by atoms with E-state index >= 15 is 0 Å². The number of halogens is 2. The molecule has 0 unspecified atom stereocenters. The fourth-order valence-corrected chi connectivity index (χ4v) is 1.24. The number of rotatable bonds is 3. The van der Waals surface area contributed by atoms with Crippen LogP contribution in [0.15, 0.2) is 24.4 Å². The molecule has 0 N–H and O–H groups in total. The lowest BCUT2D eigenvalue weighted by Gasteiger charge is -1.84. The Hall–Kier alpha value is 0.170. The number of nitrogens with zero attached hydrogens (tertiary/aromatic N) is 1.